The summed E-state index contributed by atoms with van der Waals surface area (Å²) in [5.74, 6) is -0.353. The first-order valence-electron chi connectivity index (χ1n) is 3.66. The first kappa shape index (κ1) is 10.5. The Balaban J connectivity index is 3.05. The number of ether oxygens (including phenoxy) is 1. The van der Waals surface area contributed by atoms with E-state index in [1.165, 1.54) is 7.11 Å². The molecule has 0 aromatic heterocycles. The number of methoxy groups -OCH3 is 1. The predicted octanol–water partition coefficient (Wildman–Crippen LogP) is 1.57. The van der Waals surface area contributed by atoms with E-state index in [1.54, 1.807) is 18.2 Å². The number of hydrogen-bond donors (Lipinski definition) is 1. The molecule has 4 heteroatoms. The Hall–Kier alpha value is -0.620. The highest BCUT2D eigenvalue weighted by molar-refractivity contribution is 14.1. The zero-order chi connectivity index (χ0) is 9.84. The maximum Gasteiger partial charge on any atom is 0.338 e. The molecule has 0 spiro atoms. The van der Waals surface area contributed by atoms with Crippen molar-refractivity contribution < 1.29 is 14.6 Å². The monoisotopic (exact) mass is 292 g/mol. The fourth-order valence-electron chi connectivity index (χ4n) is 0.932. The molecule has 0 amide bonds. The van der Waals surface area contributed by atoms with Crippen LogP contribution in [-0.4, -0.2) is 18.2 Å². The first-order chi connectivity index (χ1) is 6.19. The van der Waals surface area contributed by atoms with Gasteiger partial charge in [-0.25, -0.2) is 4.79 Å². The Morgan fingerprint density at radius 1 is 1.62 bits per heavy atom. The van der Waals surface area contributed by atoms with Gasteiger partial charge in [0.25, 0.3) is 0 Å². The Bertz CT molecular complexity index is 323. The van der Waals surface area contributed by atoms with Crippen LogP contribution in [0.15, 0.2) is 18.2 Å². The van der Waals surface area contributed by atoms with E-state index in [1.807, 2.05) is 22.6 Å². The van der Waals surface area contributed by atoms with Crippen LogP contribution in [0, 0.1) is 3.57 Å². The lowest BCUT2D eigenvalue weighted by molar-refractivity contribution is 0.0599. The SMILES string of the molecule is COC(=O)c1ccc(CO)cc1I. The van der Waals surface area contributed by atoms with Crippen LogP contribution in [0.5, 0.6) is 0 Å². The standard InChI is InChI=1S/C9H9IO3/c1-13-9(12)7-3-2-6(5-11)4-8(7)10/h2-4,11H,5H2,1H3. The van der Waals surface area contributed by atoms with Gasteiger partial charge in [0.1, 0.15) is 0 Å². The molecule has 1 N–H and O–H groups in total. The van der Waals surface area contributed by atoms with E-state index in [9.17, 15) is 4.79 Å². The van der Waals surface area contributed by atoms with Crippen LogP contribution in [0.2, 0.25) is 0 Å². The number of carbonyl (C=O) groups is 1. The molecule has 1 aromatic carbocycles. The summed E-state index contributed by atoms with van der Waals surface area (Å²) in [7, 11) is 1.35. The van der Waals surface area contributed by atoms with Crippen LogP contribution in [0.25, 0.3) is 0 Å². The lowest BCUT2D eigenvalue weighted by atomic mass is 10.1. The Morgan fingerprint density at radius 2 is 2.31 bits per heavy atom. The number of esters is 1. The van der Waals surface area contributed by atoms with Crippen molar-refractivity contribution in [3.8, 4) is 0 Å². The molecule has 13 heavy (non-hydrogen) atoms. The van der Waals surface area contributed by atoms with Crippen molar-refractivity contribution in [1.82, 2.24) is 0 Å². The normalized spacial score (nSPS) is 9.77. The zero-order valence-corrected chi connectivity index (χ0v) is 9.24. The predicted molar refractivity (Wildman–Crippen MR) is 56.4 cm³/mol. The van der Waals surface area contributed by atoms with Gasteiger partial charge in [0.2, 0.25) is 0 Å². The molecular formula is C9H9IO3. The molecular weight excluding hydrogens is 283 g/mol. The molecule has 70 valence electrons. The third-order valence-corrected chi connectivity index (χ3v) is 2.51. The van der Waals surface area contributed by atoms with Crippen LogP contribution < -0.4 is 0 Å². The average Bonchev–Trinajstić information content (AvgIpc) is 2.16. The molecule has 0 radical (unpaired) electrons. The molecule has 3 nitrogen and oxygen atoms in total. The van der Waals surface area contributed by atoms with Crippen molar-refractivity contribution in [3.63, 3.8) is 0 Å². The first-order valence-corrected chi connectivity index (χ1v) is 4.74. The Labute approximate surface area is 89.9 Å². The second kappa shape index (κ2) is 4.57. The van der Waals surface area contributed by atoms with Crippen LogP contribution >= 0.6 is 22.6 Å². The number of halogens is 1. The largest absolute Gasteiger partial charge is 0.465 e. The summed E-state index contributed by atoms with van der Waals surface area (Å²) in [4.78, 5) is 11.1. The minimum absolute atomic E-state index is 0.0164. The number of hydrogen-bond acceptors (Lipinski definition) is 3. The summed E-state index contributed by atoms with van der Waals surface area (Å²) in [6, 6.07) is 5.11. The minimum Gasteiger partial charge on any atom is -0.465 e. The van der Waals surface area contributed by atoms with E-state index in [4.69, 9.17) is 5.11 Å². The van der Waals surface area contributed by atoms with E-state index >= 15 is 0 Å². The van der Waals surface area contributed by atoms with Gasteiger partial charge >= 0.3 is 5.97 Å². The van der Waals surface area contributed by atoms with Gasteiger partial charge in [-0.1, -0.05) is 6.07 Å². The van der Waals surface area contributed by atoms with Gasteiger partial charge < -0.3 is 9.84 Å². The van der Waals surface area contributed by atoms with Crippen molar-refractivity contribution >= 4 is 28.6 Å². The number of aliphatic hydroxyl groups excluding tert-OH is 1. The third-order valence-electron chi connectivity index (χ3n) is 1.62. The van der Waals surface area contributed by atoms with E-state index in [0.717, 1.165) is 9.13 Å². The maximum absolute atomic E-state index is 11.1. The smallest absolute Gasteiger partial charge is 0.338 e. The Kier molecular flexibility index (Phi) is 3.68. The van der Waals surface area contributed by atoms with Gasteiger partial charge in [-0.15, -0.1) is 0 Å². The van der Waals surface area contributed by atoms with Crippen molar-refractivity contribution in [1.29, 1.82) is 0 Å². The molecule has 1 aromatic rings. The van der Waals surface area contributed by atoms with Gasteiger partial charge in [-0.3, -0.25) is 0 Å². The molecule has 0 bridgehead atoms. The summed E-state index contributed by atoms with van der Waals surface area (Å²) >= 11 is 2.04. The number of aliphatic hydroxyl groups is 1. The summed E-state index contributed by atoms with van der Waals surface area (Å²) in [5.41, 5.74) is 1.32. The molecule has 0 fully saturated rings. The highest BCUT2D eigenvalue weighted by Crippen LogP contribution is 2.15. The summed E-state index contributed by atoms with van der Waals surface area (Å²) in [6.45, 7) is -0.0164. The van der Waals surface area contributed by atoms with Crippen molar-refractivity contribution in [2.24, 2.45) is 0 Å². The zero-order valence-electron chi connectivity index (χ0n) is 7.08. The fourth-order valence-corrected chi connectivity index (χ4v) is 1.73. The van der Waals surface area contributed by atoms with Gasteiger partial charge in [0, 0.05) is 3.57 Å². The van der Waals surface area contributed by atoms with E-state index in [-0.39, 0.29) is 12.6 Å². The van der Waals surface area contributed by atoms with Gasteiger partial charge in [-0.05, 0) is 40.3 Å². The molecule has 0 unspecified atom stereocenters. The minimum atomic E-state index is -0.353. The summed E-state index contributed by atoms with van der Waals surface area (Å²) < 4.78 is 5.37. The third kappa shape index (κ3) is 2.41. The molecule has 0 aliphatic carbocycles. The molecule has 0 saturated heterocycles. The Morgan fingerprint density at radius 3 is 2.77 bits per heavy atom. The lowest BCUT2D eigenvalue weighted by Gasteiger charge is -2.03. The summed E-state index contributed by atoms with van der Waals surface area (Å²) in [5, 5.41) is 8.83. The summed E-state index contributed by atoms with van der Waals surface area (Å²) in [6.07, 6.45) is 0. The second-order valence-corrected chi connectivity index (χ2v) is 3.63. The van der Waals surface area contributed by atoms with Crippen molar-refractivity contribution in [2.75, 3.05) is 7.11 Å². The topological polar surface area (TPSA) is 46.5 Å². The average molecular weight is 292 g/mol. The number of rotatable bonds is 2. The van der Waals surface area contributed by atoms with Gasteiger partial charge in [0.15, 0.2) is 0 Å². The van der Waals surface area contributed by atoms with Crippen LogP contribution in [0.4, 0.5) is 0 Å². The lowest BCUT2D eigenvalue weighted by Crippen LogP contribution is -2.04. The highest BCUT2D eigenvalue weighted by Gasteiger charge is 2.09. The quantitative estimate of drug-likeness (QED) is 0.665. The molecule has 0 saturated carbocycles. The molecule has 0 aliphatic heterocycles. The molecule has 0 atom stereocenters. The van der Waals surface area contributed by atoms with E-state index in [0.29, 0.717) is 5.56 Å². The number of carbonyl (C=O) groups excluding carboxylic acids is 1. The van der Waals surface area contributed by atoms with Crippen LogP contribution in [0.1, 0.15) is 15.9 Å². The maximum atomic E-state index is 11.1. The van der Waals surface area contributed by atoms with E-state index in [2.05, 4.69) is 4.74 Å². The van der Waals surface area contributed by atoms with Crippen molar-refractivity contribution in [2.45, 2.75) is 6.61 Å². The van der Waals surface area contributed by atoms with E-state index < -0.39 is 0 Å². The fraction of sp³-hybridized carbons (Fsp3) is 0.222. The number of benzene rings is 1. The molecule has 0 heterocycles. The van der Waals surface area contributed by atoms with Crippen LogP contribution in [0.3, 0.4) is 0 Å². The molecule has 1 rings (SSSR count). The molecule has 0 aliphatic rings. The highest BCUT2D eigenvalue weighted by atomic mass is 127. The van der Waals surface area contributed by atoms with Crippen molar-refractivity contribution in [3.05, 3.63) is 32.9 Å². The van der Waals surface area contributed by atoms with Crippen LogP contribution in [-0.2, 0) is 11.3 Å². The van der Waals surface area contributed by atoms with Gasteiger partial charge in [0.05, 0.1) is 19.3 Å². The van der Waals surface area contributed by atoms with Gasteiger partial charge in [-0.2, -0.15) is 0 Å². The second-order valence-electron chi connectivity index (χ2n) is 2.46.